The van der Waals surface area contributed by atoms with Gasteiger partial charge in [0.2, 0.25) is 5.91 Å². The van der Waals surface area contributed by atoms with Crippen LogP contribution >= 0.6 is 0 Å². The van der Waals surface area contributed by atoms with Crippen LogP contribution in [0.15, 0.2) is 18.2 Å². The van der Waals surface area contributed by atoms with Gasteiger partial charge in [-0.05, 0) is 37.8 Å². The monoisotopic (exact) mass is 283 g/mol. The molecule has 2 rings (SSSR count). The van der Waals surface area contributed by atoms with Crippen molar-refractivity contribution in [2.45, 2.75) is 25.7 Å². The molecule has 1 amide bonds. The minimum absolute atomic E-state index is 0.399. The van der Waals surface area contributed by atoms with E-state index in [4.69, 9.17) is 5.11 Å². The Morgan fingerprint density at radius 2 is 1.55 bits per heavy atom. The molecule has 0 unspecified atom stereocenters. The highest BCUT2D eigenvalue weighted by Crippen LogP contribution is 2.30. The van der Waals surface area contributed by atoms with Crippen LogP contribution in [0.2, 0.25) is 0 Å². The Labute approximate surface area is 114 Å². The normalized spacial score (nSPS) is 22.3. The molecule has 1 aromatic rings. The summed E-state index contributed by atoms with van der Waals surface area (Å²) in [6, 6.07) is 3.36. The quantitative estimate of drug-likeness (QED) is 0.896. The number of halogens is 2. The van der Waals surface area contributed by atoms with Gasteiger partial charge in [-0.25, -0.2) is 8.78 Å². The zero-order valence-corrected chi connectivity index (χ0v) is 10.7. The van der Waals surface area contributed by atoms with Crippen LogP contribution in [0.3, 0.4) is 0 Å². The summed E-state index contributed by atoms with van der Waals surface area (Å²) in [6.07, 6.45) is 1.65. The SMILES string of the molecule is O=C(O)C1CCC(C(=O)Nc2c(F)cccc2F)CC1. The molecule has 0 heterocycles. The minimum Gasteiger partial charge on any atom is -0.481 e. The van der Waals surface area contributed by atoms with Crippen molar-refractivity contribution in [3.8, 4) is 0 Å². The molecule has 1 aliphatic carbocycles. The van der Waals surface area contributed by atoms with Gasteiger partial charge in [0.15, 0.2) is 0 Å². The Balaban J connectivity index is 1.98. The number of carbonyl (C=O) groups is 2. The van der Waals surface area contributed by atoms with Gasteiger partial charge in [-0.3, -0.25) is 9.59 Å². The molecule has 1 aromatic carbocycles. The van der Waals surface area contributed by atoms with Crippen molar-refractivity contribution in [1.29, 1.82) is 0 Å². The molecule has 0 aliphatic heterocycles. The fourth-order valence-corrected chi connectivity index (χ4v) is 2.45. The van der Waals surface area contributed by atoms with E-state index < -0.39 is 41.0 Å². The van der Waals surface area contributed by atoms with Crippen LogP contribution in [0.5, 0.6) is 0 Å². The summed E-state index contributed by atoms with van der Waals surface area (Å²) in [5.74, 6) is -3.79. The first kappa shape index (κ1) is 14.4. The lowest BCUT2D eigenvalue weighted by atomic mass is 9.81. The highest BCUT2D eigenvalue weighted by molar-refractivity contribution is 5.93. The molecule has 4 nitrogen and oxygen atoms in total. The summed E-state index contributed by atoms with van der Waals surface area (Å²) < 4.78 is 26.8. The summed E-state index contributed by atoms with van der Waals surface area (Å²) in [7, 11) is 0. The van der Waals surface area contributed by atoms with Gasteiger partial charge in [0.25, 0.3) is 0 Å². The van der Waals surface area contributed by atoms with Crippen LogP contribution in [0.25, 0.3) is 0 Å². The first-order chi connectivity index (χ1) is 9.49. The molecule has 0 radical (unpaired) electrons. The molecule has 0 spiro atoms. The van der Waals surface area contributed by atoms with E-state index in [1.807, 2.05) is 0 Å². The van der Waals surface area contributed by atoms with Crippen molar-refractivity contribution < 1.29 is 23.5 Å². The molecule has 0 aromatic heterocycles. The second-order valence-electron chi connectivity index (χ2n) is 4.97. The Bertz CT molecular complexity index is 505. The third-order valence-corrected chi connectivity index (χ3v) is 3.66. The van der Waals surface area contributed by atoms with Crippen LogP contribution in [0, 0.1) is 23.5 Å². The Morgan fingerprint density at radius 3 is 2.05 bits per heavy atom. The standard InChI is InChI=1S/C14H15F2NO3/c15-10-2-1-3-11(16)12(10)17-13(18)8-4-6-9(7-5-8)14(19)20/h1-3,8-9H,4-7H2,(H,17,18)(H,19,20). The van der Waals surface area contributed by atoms with Gasteiger partial charge in [-0.15, -0.1) is 0 Å². The van der Waals surface area contributed by atoms with Gasteiger partial charge < -0.3 is 10.4 Å². The fourth-order valence-electron chi connectivity index (χ4n) is 2.45. The summed E-state index contributed by atoms with van der Waals surface area (Å²) in [6.45, 7) is 0. The number of para-hydroxylation sites is 1. The molecule has 1 aliphatic rings. The number of rotatable bonds is 3. The molecule has 0 bridgehead atoms. The zero-order valence-electron chi connectivity index (χ0n) is 10.7. The van der Waals surface area contributed by atoms with Crippen LogP contribution < -0.4 is 5.32 Å². The summed E-state index contributed by atoms with van der Waals surface area (Å²) >= 11 is 0. The van der Waals surface area contributed by atoms with Crippen molar-refractivity contribution in [3.05, 3.63) is 29.8 Å². The molecular weight excluding hydrogens is 268 g/mol. The second kappa shape index (κ2) is 5.98. The third kappa shape index (κ3) is 3.12. The van der Waals surface area contributed by atoms with Gasteiger partial charge in [0.05, 0.1) is 5.92 Å². The van der Waals surface area contributed by atoms with Gasteiger partial charge in [-0.1, -0.05) is 6.07 Å². The van der Waals surface area contributed by atoms with Gasteiger partial charge in [-0.2, -0.15) is 0 Å². The van der Waals surface area contributed by atoms with Crippen molar-refractivity contribution in [2.75, 3.05) is 5.32 Å². The molecule has 6 heteroatoms. The van der Waals surface area contributed by atoms with Crippen molar-refractivity contribution in [1.82, 2.24) is 0 Å². The summed E-state index contributed by atoms with van der Waals surface area (Å²) in [4.78, 5) is 22.8. The van der Waals surface area contributed by atoms with Crippen molar-refractivity contribution in [2.24, 2.45) is 11.8 Å². The van der Waals surface area contributed by atoms with E-state index in [9.17, 15) is 18.4 Å². The number of nitrogens with one attached hydrogen (secondary N) is 1. The van der Waals surface area contributed by atoms with E-state index in [1.165, 1.54) is 6.07 Å². The zero-order chi connectivity index (χ0) is 14.7. The number of aliphatic carboxylic acids is 1. The number of carbonyl (C=O) groups excluding carboxylic acids is 1. The molecule has 1 saturated carbocycles. The average molecular weight is 283 g/mol. The third-order valence-electron chi connectivity index (χ3n) is 3.66. The van der Waals surface area contributed by atoms with E-state index in [-0.39, 0.29) is 0 Å². The Hall–Kier alpha value is -1.98. The van der Waals surface area contributed by atoms with Gasteiger partial charge in [0.1, 0.15) is 17.3 Å². The number of carboxylic acid groups (broad SMARTS) is 1. The largest absolute Gasteiger partial charge is 0.481 e. The molecule has 2 N–H and O–H groups in total. The Morgan fingerprint density at radius 1 is 1.05 bits per heavy atom. The number of hydrogen-bond acceptors (Lipinski definition) is 2. The number of amides is 1. The molecular formula is C14H15F2NO3. The lowest BCUT2D eigenvalue weighted by molar-refractivity contribution is -0.143. The number of benzene rings is 1. The molecule has 20 heavy (non-hydrogen) atoms. The van der Waals surface area contributed by atoms with E-state index >= 15 is 0 Å². The second-order valence-corrected chi connectivity index (χ2v) is 4.97. The van der Waals surface area contributed by atoms with E-state index in [2.05, 4.69) is 5.32 Å². The molecule has 108 valence electrons. The summed E-state index contributed by atoms with van der Waals surface area (Å²) in [5.41, 5.74) is -0.446. The maximum Gasteiger partial charge on any atom is 0.306 e. The van der Waals surface area contributed by atoms with Crippen LogP contribution in [-0.2, 0) is 9.59 Å². The van der Waals surface area contributed by atoms with Crippen LogP contribution in [0.4, 0.5) is 14.5 Å². The van der Waals surface area contributed by atoms with E-state index in [1.54, 1.807) is 0 Å². The van der Waals surface area contributed by atoms with E-state index in [0.29, 0.717) is 25.7 Å². The number of carboxylic acids is 1. The summed E-state index contributed by atoms with van der Waals surface area (Å²) in [5, 5.41) is 11.1. The Kier molecular flexibility index (Phi) is 4.32. The highest BCUT2D eigenvalue weighted by Gasteiger charge is 2.30. The van der Waals surface area contributed by atoms with Gasteiger partial charge in [0, 0.05) is 5.92 Å². The first-order valence-corrected chi connectivity index (χ1v) is 6.46. The van der Waals surface area contributed by atoms with E-state index in [0.717, 1.165) is 12.1 Å². The van der Waals surface area contributed by atoms with Gasteiger partial charge >= 0.3 is 5.97 Å². The van der Waals surface area contributed by atoms with Crippen molar-refractivity contribution >= 4 is 17.6 Å². The topological polar surface area (TPSA) is 66.4 Å². The molecule has 0 saturated heterocycles. The maximum atomic E-state index is 13.4. The molecule has 0 atom stereocenters. The lowest BCUT2D eigenvalue weighted by Crippen LogP contribution is -2.30. The van der Waals surface area contributed by atoms with Crippen LogP contribution in [0.1, 0.15) is 25.7 Å². The van der Waals surface area contributed by atoms with Crippen molar-refractivity contribution in [3.63, 3.8) is 0 Å². The molecule has 1 fully saturated rings. The van der Waals surface area contributed by atoms with Crippen LogP contribution in [-0.4, -0.2) is 17.0 Å². The number of anilines is 1. The maximum absolute atomic E-state index is 13.4. The minimum atomic E-state index is -0.857. The lowest BCUT2D eigenvalue weighted by Gasteiger charge is -2.25. The fraction of sp³-hybridized carbons (Fsp3) is 0.429. The first-order valence-electron chi connectivity index (χ1n) is 6.46. The highest BCUT2D eigenvalue weighted by atomic mass is 19.1. The predicted octanol–water partition coefficient (Wildman–Crippen LogP) is 2.79. The number of hydrogen-bond donors (Lipinski definition) is 2. The average Bonchev–Trinajstić information content (AvgIpc) is 2.43. The predicted molar refractivity (Wildman–Crippen MR) is 68.1 cm³/mol. The smallest absolute Gasteiger partial charge is 0.306 e.